The number of carbonyl (C=O) groups excluding carboxylic acids is 1. The summed E-state index contributed by atoms with van der Waals surface area (Å²) < 4.78 is 28.6. The third kappa shape index (κ3) is 5.41. The fraction of sp³-hybridized carbons (Fsp3) is 0.200. The van der Waals surface area contributed by atoms with Crippen LogP contribution in [0.15, 0.2) is 71.6 Å². The maximum Gasteiger partial charge on any atom is 0.244 e. The Labute approximate surface area is 189 Å². The number of aryl methyl sites for hydroxylation is 3. The molecular weight excluding hydrogens is 422 g/mol. The predicted octanol–water partition coefficient (Wildman–Crippen LogP) is 4.31. The number of carbonyl (C=O) groups is 1. The van der Waals surface area contributed by atoms with Gasteiger partial charge in [0, 0.05) is 12.2 Å². The van der Waals surface area contributed by atoms with Gasteiger partial charge in [-0.3, -0.25) is 4.79 Å². The van der Waals surface area contributed by atoms with Crippen LogP contribution in [0.3, 0.4) is 0 Å². The van der Waals surface area contributed by atoms with Crippen LogP contribution in [0.1, 0.15) is 27.8 Å². The Balaban J connectivity index is 1.95. The monoisotopic (exact) mass is 447 g/mol. The van der Waals surface area contributed by atoms with E-state index in [1.807, 2.05) is 55.5 Å². The zero-order valence-electron chi connectivity index (χ0n) is 18.3. The highest BCUT2D eigenvalue weighted by Gasteiger charge is 2.30. The van der Waals surface area contributed by atoms with Crippen LogP contribution in [0.2, 0.25) is 0 Å². The second-order valence-corrected chi connectivity index (χ2v) is 9.60. The van der Waals surface area contributed by atoms with Crippen molar-refractivity contribution in [2.45, 2.75) is 32.2 Å². The number of hydrogen-bond acceptors (Lipinski definition) is 4. The molecule has 0 atom stereocenters. The summed E-state index contributed by atoms with van der Waals surface area (Å²) in [4.78, 5) is 13.0. The molecule has 0 aromatic heterocycles. The Morgan fingerprint density at radius 2 is 1.62 bits per heavy atom. The Morgan fingerprint density at radius 3 is 2.25 bits per heavy atom. The molecule has 0 unspecified atom stereocenters. The quantitative estimate of drug-likeness (QED) is 0.584. The van der Waals surface area contributed by atoms with E-state index in [1.165, 1.54) is 4.31 Å². The number of nitrogens with one attached hydrogen (secondary N) is 1. The van der Waals surface area contributed by atoms with E-state index in [1.54, 1.807) is 38.1 Å². The Kier molecular flexibility index (Phi) is 7.08. The molecule has 32 heavy (non-hydrogen) atoms. The van der Waals surface area contributed by atoms with Crippen LogP contribution < -0.4 is 5.32 Å². The number of anilines is 1. The molecule has 164 valence electrons. The van der Waals surface area contributed by atoms with E-state index in [0.717, 1.165) is 11.1 Å². The number of nitrogens with zero attached hydrogens (tertiary/aromatic N) is 2. The first-order valence-electron chi connectivity index (χ1n) is 10.1. The molecule has 0 radical (unpaired) electrons. The van der Waals surface area contributed by atoms with Gasteiger partial charge in [0.05, 0.1) is 23.1 Å². The predicted molar refractivity (Wildman–Crippen MR) is 124 cm³/mol. The fourth-order valence-electron chi connectivity index (χ4n) is 3.74. The minimum absolute atomic E-state index is 0.0571. The summed E-state index contributed by atoms with van der Waals surface area (Å²) in [6.07, 6.45) is 0. The molecule has 1 amide bonds. The van der Waals surface area contributed by atoms with Crippen LogP contribution in [-0.2, 0) is 21.4 Å². The summed E-state index contributed by atoms with van der Waals surface area (Å²) in [7, 11) is -3.96. The van der Waals surface area contributed by atoms with E-state index in [9.17, 15) is 13.2 Å². The average molecular weight is 448 g/mol. The third-order valence-corrected chi connectivity index (χ3v) is 7.10. The largest absolute Gasteiger partial charge is 0.325 e. The Bertz CT molecular complexity index is 1260. The van der Waals surface area contributed by atoms with Gasteiger partial charge in [0.25, 0.3) is 0 Å². The zero-order valence-corrected chi connectivity index (χ0v) is 19.1. The number of benzene rings is 3. The molecule has 0 bridgehead atoms. The lowest BCUT2D eigenvalue weighted by atomic mass is 10.1. The van der Waals surface area contributed by atoms with Gasteiger partial charge in [-0.05, 0) is 55.7 Å². The van der Waals surface area contributed by atoms with Gasteiger partial charge in [0.15, 0.2) is 0 Å². The van der Waals surface area contributed by atoms with Crippen LogP contribution in [0.5, 0.6) is 0 Å². The van der Waals surface area contributed by atoms with Crippen molar-refractivity contribution in [3.63, 3.8) is 0 Å². The molecule has 3 aromatic carbocycles. The molecule has 0 fully saturated rings. The second kappa shape index (κ2) is 9.77. The van der Waals surface area contributed by atoms with Crippen LogP contribution >= 0.6 is 0 Å². The van der Waals surface area contributed by atoms with E-state index in [0.29, 0.717) is 22.4 Å². The van der Waals surface area contributed by atoms with E-state index in [4.69, 9.17) is 5.26 Å². The minimum atomic E-state index is -3.96. The molecule has 0 saturated carbocycles. The summed E-state index contributed by atoms with van der Waals surface area (Å²) in [5.74, 6) is -0.484. The lowest BCUT2D eigenvalue weighted by Crippen LogP contribution is -2.38. The molecule has 1 N–H and O–H groups in total. The standard InChI is InChI=1S/C25H25N3O3S/c1-18-12-19(2)25(20(3)13-18)32(30,31)28(16-21-8-5-4-6-9-21)17-24(29)27-23-11-7-10-22(14-23)15-26/h4-14H,16-17H2,1-3H3,(H,27,29). The van der Waals surface area contributed by atoms with Crippen LogP contribution in [-0.4, -0.2) is 25.2 Å². The highest BCUT2D eigenvalue weighted by molar-refractivity contribution is 7.89. The normalized spacial score (nSPS) is 11.2. The lowest BCUT2D eigenvalue weighted by molar-refractivity contribution is -0.116. The first-order chi connectivity index (χ1) is 15.2. The molecule has 0 spiro atoms. The third-order valence-electron chi connectivity index (χ3n) is 5.00. The Hall–Kier alpha value is -3.47. The van der Waals surface area contributed by atoms with Crippen molar-refractivity contribution in [2.75, 3.05) is 11.9 Å². The Morgan fingerprint density at radius 1 is 0.969 bits per heavy atom. The van der Waals surface area contributed by atoms with Crippen molar-refractivity contribution in [2.24, 2.45) is 0 Å². The summed E-state index contributed by atoms with van der Waals surface area (Å²) in [5, 5.41) is 11.8. The van der Waals surface area contributed by atoms with Gasteiger partial charge in [-0.1, -0.05) is 54.1 Å². The van der Waals surface area contributed by atoms with Crippen LogP contribution in [0.25, 0.3) is 0 Å². The minimum Gasteiger partial charge on any atom is -0.325 e. The summed E-state index contributed by atoms with van der Waals surface area (Å²) in [5.41, 5.74) is 3.88. The zero-order chi connectivity index (χ0) is 23.3. The van der Waals surface area contributed by atoms with Crippen molar-refractivity contribution in [3.8, 4) is 6.07 Å². The highest BCUT2D eigenvalue weighted by Crippen LogP contribution is 2.26. The van der Waals surface area contributed by atoms with E-state index < -0.39 is 15.9 Å². The topological polar surface area (TPSA) is 90.3 Å². The maximum atomic E-state index is 13.7. The maximum absolute atomic E-state index is 13.7. The summed E-state index contributed by atoms with van der Waals surface area (Å²) in [6, 6.07) is 21.3. The second-order valence-electron chi connectivity index (χ2n) is 7.73. The molecule has 0 saturated heterocycles. The number of sulfonamides is 1. The van der Waals surface area contributed by atoms with Gasteiger partial charge in [0.1, 0.15) is 0 Å². The van der Waals surface area contributed by atoms with E-state index in [2.05, 4.69) is 5.32 Å². The van der Waals surface area contributed by atoms with Crippen LogP contribution in [0, 0.1) is 32.1 Å². The molecule has 0 aliphatic heterocycles. The van der Waals surface area contributed by atoms with Gasteiger partial charge >= 0.3 is 0 Å². The first-order valence-corrected chi connectivity index (χ1v) is 11.6. The van der Waals surface area contributed by atoms with Gasteiger partial charge < -0.3 is 5.32 Å². The first kappa shape index (κ1) is 23.2. The van der Waals surface area contributed by atoms with Gasteiger partial charge in [0.2, 0.25) is 15.9 Å². The van der Waals surface area contributed by atoms with Crippen molar-refractivity contribution in [3.05, 3.63) is 94.5 Å². The summed E-state index contributed by atoms with van der Waals surface area (Å²) >= 11 is 0. The van der Waals surface area contributed by atoms with Crippen molar-refractivity contribution in [1.29, 1.82) is 5.26 Å². The number of amides is 1. The molecule has 7 heteroatoms. The van der Waals surface area contributed by atoms with Crippen molar-refractivity contribution < 1.29 is 13.2 Å². The molecule has 0 aliphatic rings. The molecule has 0 heterocycles. The average Bonchev–Trinajstić information content (AvgIpc) is 2.73. The van der Waals surface area contributed by atoms with Gasteiger partial charge in [-0.25, -0.2) is 8.42 Å². The fourth-order valence-corrected chi connectivity index (χ4v) is 5.54. The van der Waals surface area contributed by atoms with E-state index in [-0.39, 0.29) is 18.0 Å². The molecule has 6 nitrogen and oxygen atoms in total. The summed E-state index contributed by atoms with van der Waals surface area (Å²) in [6.45, 7) is 5.14. The van der Waals surface area contributed by atoms with Crippen LogP contribution in [0.4, 0.5) is 5.69 Å². The SMILES string of the molecule is Cc1cc(C)c(S(=O)(=O)N(CC(=O)Nc2cccc(C#N)c2)Cc2ccccc2)c(C)c1. The van der Waals surface area contributed by atoms with Gasteiger partial charge in [-0.2, -0.15) is 9.57 Å². The van der Waals surface area contributed by atoms with Crippen molar-refractivity contribution >= 4 is 21.6 Å². The number of hydrogen-bond donors (Lipinski definition) is 1. The van der Waals surface area contributed by atoms with Gasteiger partial charge in [-0.15, -0.1) is 0 Å². The highest BCUT2D eigenvalue weighted by atomic mass is 32.2. The smallest absolute Gasteiger partial charge is 0.244 e. The molecule has 0 aliphatic carbocycles. The van der Waals surface area contributed by atoms with Crippen molar-refractivity contribution in [1.82, 2.24) is 4.31 Å². The number of nitriles is 1. The van der Waals surface area contributed by atoms with E-state index >= 15 is 0 Å². The molecule has 3 rings (SSSR count). The molecule has 3 aromatic rings. The lowest BCUT2D eigenvalue weighted by Gasteiger charge is -2.24. The molecular formula is C25H25N3O3S. The number of rotatable bonds is 7.